The Hall–Kier alpha value is -5.80. The van der Waals surface area contributed by atoms with Gasteiger partial charge in [-0.1, -0.05) is 133 Å². The van der Waals surface area contributed by atoms with Crippen molar-refractivity contribution in [1.29, 1.82) is 0 Å². The van der Waals surface area contributed by atoms with Crippen LogP contribution >= 0.6 is 22.7 Å². The quantitative estimate of drug-likeness (QED) is 0.160. The first kappa shape index (κ1) is 30.8. The zero-order valence-electron chi connectivity index (χ0n) is 29.3. The molecule has 53 heavy (non-hydrogen) atoms. The van der Waals surface area contributed by atoms with Crippen molar-refractivity contribution in [3.05, 3.63) is 173 Å². The summed E-state index contributed by atoms with van der Waals surface area (Å²) in [5.41, 5.74) is 14.8. The maximum absolute atomic E-state index is 2.47. The van der Waals surface area contributed by atoms with Crippen LogP contribution in [-0.2, 0) is 6.42 Å². The first-order valence-electron chi connectivity index (χ1n) is 18.5. The highest BCUT2D eigenvalue weighted by Gasteiger charge is 2.23. The average molecular weight is 711 g/mol. The van der Waals surface area contributed by atoms with Crippen LogP contribution in [0.15, 0.2) is 156 Å². The van der Waals surface area contributed by atoms with Crippen LogP contribution in [0.2, 0.25) is 0 Å². The highest BCUT2D eigenvalue weighted by Crippen LogP contribution is 2.48. The topological polar surface area (TPSA) is 0 Å². The lowest BCUT2D eigenvalue weighted by Crippen LogP contribution is -2.02. The summed E-state index contributed by atoms with van der Waals surface area (Å²) in [5.74, 6) is 0. The third-order valence-corrected chi connectivity index (χ3v) is 13.4. The summed E-state index contributed by atoms with van der Waals surface area (Å²) in [5, 5.41) is 15.1. The summed E-state index contributed by atoms with van der Waals surface area (Å²) in [7, 11) is 0. The normalized spacial score (nSPS) is 12.8. The van der Waals surface area contributed by atoms with Crippen LogP contribution in [0.25, 0.3) is 103 Å². The van der Waals surface area contributed by atoms with Gasteiger partial charge in [-0.15, -0.1) is 11.3 Å². The predicted molar refractivity (Wildman–Crippen MR) is 234 cm³/mol. The third-order valence-electron chi connectivity index (χ3n) is 11.4. The molecule has 0 aliphatic heterocycles. The molecule has 11 rings (SSSR count). The first-order valence-corrected chi connectivity index (χ1v) is 20.2. The van der Waals surface area contributed by atoms with E-state index in [0.29, 0.717) is 0 Å². The van der Waals surface area contributed by atoms with E-state index in [0.717, 1.165) is 12.8 Å². The van der Waals surface area contributed by atoms with Crippen LogP contribution in [0, 0.1) is 6.92 Å². The SMILES string of the molecule is Cc1cscc1-c1c2c(c(-c3ccc4c(c3)sc3ccc(-c5c6ccccc6c(-c6ccccc6)c6ccccc56)cc34)c3ccccc13)CCC=C2. The van der Waals surface area contributed by atoms with E-state index in [1.807, 2.05) is 11.3 Å². The summed E-state index contributed by atoms with van der Waals surface area (Å²) < 4.78 is 2.67. The molecule has 1 aliphatic carbocycles. The molecule has 10 aromatic rings. The minimum absolute atomic E-state index is 1.06. The monoisotopic (exact) mass is 710 g/mol. The molecule has 2 heteroatoms. The summed E-state index contributed by atoms with van der Waals surface area (Å²) in [4.78, 5) is 0. The second-order valence-electron chi connectivity index (χ2n) is 14.3. The Morgan fingerprint density at radius 3 is 1.70 bits per heavy atom. The lowest BCUT2D eigenvalue weighted by Gasteiger charge is -2.23. The Kier molecular flexibility index (Phi) is 7.05. The van der Waals surface area contributed by atoms with Gasteiger partial charge < -0.3 is 0 Å². The second-order valence-corrected chi connectivity index (χ2v) is 16.2. The fraction of sp³-hybridized carbons (Fsp3) is 0.0588. The molecule has 0 atom stereocenters. The molecular weight excluding hydrogens is 677 g/mol. The molecule has 0 saturated heterocycles. The van der Waals surface area contributed by atoms with Crippen molar-refractivity contribution in [2.24, 2.45) is 0 Å². The molecule has 0 radical (unpaired) electrons. The molecule has 0 unspecified atom stereocenters. The molecular formula is C51H34S2. The predicted octanol–water partition coefficient (Wildman–Crippen LogP) is 15.5. The van der Waals surface area contributed by atoms with Gasteiger partial charge in [-0.2, -0.15) is 11.3 Å². The van der Waals surface area contributed by atoms with Gasteiger partial charge in [0.2, 0.25) is 0 Å². The zero-order chi connectivity index (χ0) is 35.0. The largest absolute Gasteiger partial charge is 0.151 e. The maximum Gasteiger partial charge on any atom is 0.0361 e. The van der Waals surface area contributed by atoms with Gasteiger partial charge in [0.05, 0.1) is 0 Å². The molecule has 2 heterocycles. The molecule has 1 aliphatic rings. The number of aryl methyl sites for hydroxylation is 1. The van der Waals surface area contributed by atoms with E-state index in [4.69, 9.17) is 0 Å². The number of hydrogen-bond acceptors (Lipinski definition) is 2. The Bertz CT molecular complexity index is 3060. The lowest BCUT2D eigenvalue weighted by atomic mass is 9.80. The highest BCUT2D eigenvalue weighted by molar-refractivity contribution is 7.25. The molecule has 0 amide bonds. The van der Waals surface area contributed by atoms with Gasteiger partial charge in [-0.3, -0.25) is 0 Å². The van der Waals surface area contributed by atoms with Gasteiger partial charge in [-0.05, 0) is 142 Å². The van der Waals surface area contributed by atoms with E-state index >= 15 is 0 Å². The van der Waals surface area contributed by atoms with Crippen molar-refractivity contribution in [3.8, 4) is 44.5 Å². The molecule has 0 nitrogen and oxygen atoms in total. The molecule has 2 aromatic heterocycles. The minimum atomic E-state index is 1.06. The molecule has 250 valence electrons. The summed E-state index contributed by atoms with van der Waals surface area (Å²) in [6.07, 6.45) is 6.88. The van der Waals surface area contributed by atoms with Crippen molar-refractivity contribution >= 4 is 81.2 Å². The average Bonchev–Trinajstić information content (AvgIpc) is 3.81. The highest BCUT2D eigenvalue weighted by atomic mass is 32.1. The van der Waals surface area contributed by atoms with Crippen LogP contribution in [0.5, 0.6) is 0 Å². The van der Waals surface area contributed by atoms with Crippen molar-refractivity contribution in [2.75, 3.05) is 0 Å². The molecule has 8 aromatic carbocycles. The van der Waals surface area contributed by atoms with Gasteiger partial charge in [0.25, 0.3) is 0 Å². The minimum Gasteiger partial charge on any atom is -0.151 e. The van der Waals surface area contributed by atoms with Gasteiger partial charge in [0.1, 0.15) is 0 Å². The van der Waals surface area contributed by atoms with Gasteiger partial charge in [0, 0.05) is 20.2 Å². The Morgan fingerprint density at radius 1 is 0.453 bits per heavy atom. The first-order chi connectivity index (χ1) is 26.2. The smallest absolute Gasteiger partial charge is 0.0361 e. The Morgan fingerprint density at radius 2 is 1.04 bits per heavy atom. The molecule has 0 spiro atoms. The van der Waals surface area contributed by atoms with E-state index < -0.39 is 0 Å². The molecule has 0 saturated carbocycles. The van der Waals surface area contributed by atoms with Crippen molar-refractivity contribution in [1.82, 2.24) is 0 Å². The standard InChI is InChI=1S/C51H34S2/c1-31-29-52-30-45(31)51-42-21-11-9-19-40(42)50(41-20-10-12-22-43(41)51)34-23-25-35-44-27-33(24-26-46(44)53-47(35)28-34)49-38-17-7-5-15-36(38)48(32-13-3-2-4-14-32)37-16-6-8-18-39(37)49/h2-9,11-19,21-30H,10,20H2,1H3. The van der Waals surface area contributed by atoms with Crippen LogP contribution < -0.4 is 0 Å². The molecule has 0 bridgehead atoms. The van der Waals surface area contributed by atoms with Crippen molar-refractivity contribution in [3.63, 3.8) is 0 Å². The van der Waals surface area contributed by atoms with E-state index in [-0.39, 0.29) is 0 Å². The van der Waals surface area contributed by atoms with Gasteiger partial charge >= 0.3 is 0 Å². The van der Waals surface area contributed by atoms with Gasteiger partial charge in [-0.25, -0.2) is 0 Å². The number of allylic oxidation sites excluding steroid dienone is 1. The van der Waals surface area contributed by atoms with Crippen molar-refractivity contribution in [2.45, 2.75) is 19.8 Å². The van der Waals surface area contributed by atoms with Crippen molar-refractivity contribution < 1.29 is 0 Å². The van der Waals surface area contributed by atoms with Crippen LogP contribution in [0.3, 0.4) is 0 Å². The number of rotatable bonds is 4. The van der Waals surface area contributed by atoms with E-state index in [9.17, 15) is 0 Å². The molecule has 0 fully saturated rings. The number of fused-ring (bicyclic) bond motifs is 7. The van der Waals surface area contributed by atoms with Crippen LogP contribution in [0.1, 0.15) is 23.1 Å². The lowest BCUT2D eigenvalue weighted by molar-refractivity contribution is 0.991. The van der Waals surface area contributed by atoms with Gasteiger partial charge in [0.15, 0.2) is 0 Å². The zero-order valence-corrected chi connectivity index (χ0v) is 31.0. The Balaban J connectivity index is 1.12. The van der Waals surface area contributed by atoms with E-state index in [1.54, 1.807) is 11.3 Å². The number of benzene rings is 8. The number of thiophene rings is 2. The third kappa shape index (κ3) is 4.73. The summed E-state index contributed by atoms with van der Waals surface area (Å²) in [6.45, 7) is 2.25. The number of hydrogen-bond donors (Lipinski definition) is 0. The summed E-state index contributed by atoms with van der Waals surface area (Å²) in [6, 6.07) is 52.2. The molecule has 0 N–H and O–H groups in total. The van der Waals surface area contributed by atoms with E-state index in [2.05, 4.69) is 169 Å². The fourth-order valence-corrected chi connectivity index (χ4v) is 11.0. The van der Waals surface area contributed by atoms with Crippen LogP contribution in [0.4, 0.5) is 0 Å². The summed E-state index contributed by atoms with van der Waals surface area (Å²) >= 11 is 3.72. The fourth-order valence-electron chi connectivity index (χ4n) is 9.06. The van der Waals surface area contributed by atoms with E-state index in [1.165, 1.54) is 114 Å². The Labute approximate surface area is 316 Å². The maximum atomic E-state index is 2.47. The second kappa shape index (κ2) is 12.1. The van der Waals surface area contributed by atoms with Crippen LogP contribution in [-0.4, -0.2) is 0 Å².